The van der Waals surface area contributed by atoms with Crippen molar-refractivity contribution in [2.45, 2.75) is 13.3 Å². The summed E-state index contributed by atoms with van der Waals surface area (Å²) in [7, 11) is 0. The SMILES string of the molecule is CCCNC(=O)c1cc(N)[nH]n1.Cl. The molecule has 0 atom stereocenters. The molecule has 13 heavy (non-hydrogen) atoms. The lowest BCUT2D eigenvalue weighted by molar-refractivity contribution is 0.0948. The average molecular weight is 205 g/mol. The standard InChI is InChI=1S/C7H12N4O.ClH/c1-2-3-9-7(12)5-4-6(8)11-10-5;/h4H,2-3H2,1H3,(H,9,12)(H3,8,10,11);1H. The van der Waals surface area contributed by atoms with Crippen LogP contribution in [-0.4, -0.2) is 22.6 Å². The Hall–Kier alpha value is -1.23. The number of anilines is 1. The minimum Gasteiger partial charge on any atom is -0.384 e. The summed E-state index contributed by atoms with van der Waals surface area (Å²) in [5.41, 5.74) is 5.68. The first-order valence-electron chi connectivity index (χ1n) is 3.83. The number of hydrogen-bond donors (Lipinski definition) is 3. The highest BCUT2D eigenvalue weighted by Gasteiger charge is 2.07. The molecule has 0 bridgehead atoms. The highest BCUT2D eigenvalue weighted by molar-refractivity contribution is 5.92. The Balaban J connectivity index is 0.00000144. The zero-order valence-corrected chi connectivity index (χ0v) is 8.15. The van der Waals surface area contributed by atoms with Crippen molar-refractivity contribution in [3.63, 3.8) is 0 Å². The molecule has 0 unspecified atom stereocenters. The molecular weight excluding hydrogens is 192 g/mol. The van der Waals surface area contributed by atoms with E-state index in [1.165, 1.54) is 6.07 Å². The molecule has 74 valence electrons. The van der Waals surface area contributed by atoms with Gasteiger partial charge in [0.25, 0.3) is 5.91 Å². The predicted molar refractivity (Wildman–Crippen MR) is 52.9 cm³/mol. The molecule has 0 aliphatic carbocycles. The van der Waals surface area contributed by atoms with Crippen molar-refractivity contribution in [1.29, 1.82) is 0 Å². The zero-order valence-electron chi connectivity index (χ0n) is 7.33. The minimum absolute atomic E-state index is 0. The molecule has 1 rings (SSSR count). The fourth-order valence-corrected chi connectivity index (χ4v) is 0.782. The number of aromatic amines is 1. The molecule has 1 heterocycles. The first kappa shape index (κ1) is 11.8. The number of carbonyl (C=O) groups excluding carboxylic acids is 1. The van der Waals surface area contributed by atoms with Crippen LogP contribution < -0.4 is 11.1 Å². The molecule has 0 saturated carbocycles. The molecule has 5 nitrogen and oxygen atoms in total. The predicted octanol–water partition coefficient (Wildman–Crippen LogP) is 0.553. The van der Waals surface area contributed by atoms with E-state index < -0.39 is 0 Å². The van der Waals surface area contributed by atoms with Gasteiger partial charge in [0.2, 0.25) is 0 Å². The number of nitrogen functional groups attached to an aromatic ring is 1. The van der Waals surface area contributed by atoms with Crippen LogP contribution in [0.3, 0.4) is 0 Å². The van der Waals surface area contributed by atoms with Gasteiger partial charge >= 0.3 is 0 Å². The minimum atomic E-state index is -0.190. The van der Waals surface area contributed by atoms with Crippen LogP contribution in [0.25, 0.3) is 0 Å². The quantitative estimate of drug-likeness (QED) is 0.673. The molecule has 1 aromatic rings. The molecule has 0 radical (unpaired) electrons. The number of nitrogens with two attached hydrogens (primary N) is 1. The topological polar surface area (TPSA) is 83.8 Å². The molecular formula is C7H13ClN4O. The maximum atomic E-state index is 11.2. The maximum Gasteiger partial charge on any atom is 0.271 e. The van der Waals surface area contributed by atoms with Crippen LogP contribution in [0, 0.1) is 0 Å². The highest BCUT2D eigenvalue weighted by Crippen LogP contribution is 1.99. The van der Waals surface area contributed by atoms with Gasteiger partial charge in [0, 0.05) is 12.6 Å². The van der Waals surface area contributed by atoms with Crippen LogP contribution in [-0.2, 0) is 0 Å². The average Bonchev–Trinajstić information content (AvgIpc) is 2.47. The highest BCUT2D eigenvalue weighted by atomic mass is 35.5. The second-order valence-corrected chi connectivity index (χ2v) is 2.46. The number of amides is 1. The van der Waals surface area contributed by atoms with Gasteiger partial charge in [-0.2, -0.15) is 5.10 Å². The molecule has 4 N–H and O–H groups in total. The second kappa shape index (κ2) is 5.42. The van der Waals surface area contributed by atoms with Gasteiger partial charge in [-0.1, -0.05) is 6.92 Å². The number of rotatable bonds is 3. The lowest BCUT2D eigenvalue weighted by Crippen LogP contribution is -2.24. The van der Waals surface area contributed by atoms with Crippen molar-refractivity contribution in [1.82, 2.24) is 15.5 Å². The normalized spacial score (nSPS) is 9.00. The van der Waals surface area contributed by atoms with Crippen molar-refractivity contribution in [2.24, 2.45) is 0 Å². The Morgan fingerprint density at radius 2 is 2.46 bits per heavy atom. The van der Waals surface area contributed by atoms with E-state index in [1.54, 1.807) is 0 Å². The second-order valence-electron chi connectivity index (χ2n) is 2.46. The number of carbonyl (C=O) groups is 1. The van der Waals surface area contributed by atoms with Crippen LogP contribution in [0.4, 0.5) is 5.82 Å². The van der Waals surface area contributed by atoms with Gasteiger partial charge < -0.3 is 11.1 Å². The lowest BCUT2D eigenvalue weighted by atomic mass is 10.4. The van der Waals surface area contributed by atoms with Gasteiger partial charge in [-0.3, -0.25) is 9.89 Å². The number of aromatic nitrogens is 2. The van der Waals surface area contributed by atoms with E-state index in [9.17, 15) is 4.79 Å². The van der Waals surface area contributed by atoms with E-state index in [0.717, 1.165) is 6.42 Å². The number of hydrogen-bond acceptors (Lipinski definition) is 3. The Bertz CT molecular complexity index is 273. The Kier molecular flexibility index (Phi) is 4.91. The molecule has 1 aromatic heterocycles. The fourth-order valence-electron chi connectivity index (χ4n) is 0.782. The summed E-state index contributed by atoms with van der Waals surface area (Å²) in [5.74, 6) is 0.210. The van der Waals surface area contributed by atoms with Crippen molar-refractivity contribution in [3.8, 4) is 0 Å². The summed E-state index contributed by atoms with van der Waals surface area (Å²) in [4.78, 5) is 11.2. The Morgan fingerprint density at radius 1 is 1.77 bits per heavy atom. The number of H-pyrrole nitrogens is 1. The third kappa shape index (κ3) is 3.33. The summed E-state index contributed by atoms with van der Waals surface area (Å²) in [6.07, 6.45) is 0.908. The van der Waals surface area contributed by atoms with Crippen LogP contribution in [0.2, 0.25) is 0 Å². The molecule has 0 saturated heterocycles. The first-order chi connectivity index (χ1) is 5.74. The third-order valence-electron chi connectivity index (χ3n) is 1.37. The summed E-state index contributed by atoms with van der Waals surface area (Å²) < 4.78 is 0. The van der Waals surface area contributed by atoms with E-state index in [2.05, 4.69) is 15.5 Å². The van der Waals surface area contributed by atoms with Gasteiger partial charge in [0.1, 0.15) is 5.82 Å². The van der Waals surface area contributed by atoms with Crippen LogP contribution >= 0.6 is 12.4 Å². The van der Waals surface area contributed by atoms with Crippen molar-refractivity contribution in [2.75, 3.05) is 12.3 Å². The van der Waals surface area contributed by atoms with E-state index >= 15 is 0 Å². The first-order valence-corrected chi connectivity index (χ1v) is 3.83. The lowest BCUT2D eigenvalue weighted by Gasteiger charge is -1.97. The zero-order chi connectivity index (χ0) is 8.97. The number of nitrogens with zero attached hydrogens (tertiary/aromatic N) is 1. The monoisotopic (exact) mass is 204 g/mol. The van der Waals surface area contributed by atoms with Crippen molar-refractivity contribution in [3.05, 3.63) is 11.8 Å². The third-order valence-corrected chi connectivity index (χ3v) is 1.37. The smallest absolute Gasteiger partial charge is 0.271 e. The summed E-state index contributed by atoms with van der Waals surface area (Å²) in [5, 5.41) is 8.88. The largest absolute Gasteiger partial charge is 0.384 e. The van der Waals surface area contributed by atoms with E-state index in [4.69, 9.17) is 5.73 Å². The van der Waals surface area contributed by atoms with Gasteiger partial charge in [0.05, 0.1) is 0 Å². The number of nitrogens with one attached hydrogen (secondary N) is 2. The van der Waals surface area contributed by atoms with Gasteiger partial charge in [0.15, 0.2) is 5.69 Å². The van der Waals surface area contributed by atoms with E-state index in [0.29, 0.717) is 18.1 Å². The summed E-state index contributed by atoms with van der Waals surface area (Å²) in [6.45, 7) is 2.64. The van der Waals surface area contributed by atoms with Gasteiger partial charge in [-0.05, 0) is 6.42 Å². The molecule has 0 spiro atoms. The van der Waals surface area contributed by atoms with Crippen molar-refractivity contribution >= 4 is 24.1 Å². The molecule has 0 aliphatic rings. The van der Waals surface area contributed by atoms with Crippen LogP contribution in [0.1, 0.15) is 23.8 Å². The molecule has 1 amide bonds. The van der Waals surface area contributed by atoms with E-state index in [-0.39, 0.29) is 18.3 Å². The molecule has 0 aromatic carbocycles. The van der Waals surface area contributed by atoms with Crippen LogP contribution in [0.5, 0.6) is 0 Å². The van der Waals surface area contributed by atoms with E-state index in [1.807, 2.05) is 6.92 Å². The Labute approximate surface area is 82.5 Å². The summed E-state index contributed by atoms with van der Waals surface area (Å²) >= 11 is 0. The van der Waals surface area contributed by atoms with Gasteiger partial charge in [-0.25, -0.2) is 0 Å². The van der Waals surface area contributed by atoms with Crippen molar-refractivity contribution < 1.29 is 4.79 Å². The molecule has 6 heteroatoms. The maximum absolute atomic E-state index is 11.2. The fraction of sp³-hybridized carbons (Fsp3) is 0.429. The van der Waals surface area contributed by atoms with Gasteiger partial charge in [-0.15, -0.1) is 12.4 Å². The summed E-state index contributed by atoms with van der Waals surface area (Å²) in [6, 6.07) is 1.50. The Morgan fingerprint density at radius 3 is 2.92 bits per heavy atom. The molecule has 0 fully saturated rings. The number of halogens is 1. The van der Waals surface area contributed by atoms with Crippen LogP contribution in [0.15, 0.2) is 6.07 Å². The molecule has 0 aliphatic heterocycles.